The fourth-order valence-electron chi connectivity index (χ4n) is 3.55. The highest BCUT2D eigenvalue weighted by Gasteiger charge is 2.27. The quantitative estimate of drug-likeness (QED) is 0.487. The standard InChI is InChI=1S/C25H22ClN5/c1-3-4-24-22(15-27)17(2)30-25(31(24)21-11-9-20(26)10-12-21)19-7-5-18(6-8-19)23-16-28-13-14-29-23/h4-16,27H,3H2,1-2H3/b24-4-,27-15?. The van der Waals surface area contributed by atoms with E-state index in [1.54, 1.807) is 18.6 Å². The van der Waals surface area contributed by atoms with Crippen LogP contribution in [0.5, 0.6) is 0 Å². The predicted octanol–water partition coefficient (Wildman–Crippen LogP) is 6.28. The molecule has 31 heavy (non-hydrogen) atoms. The fraction of sp³-hybridized carbons (Fsp3) is 0.120. The van der Waals surface area contributed by atoms with E-state index in [-0.39, 0.29) is 0 Å². The normalized spacial score (nSPS) is 15.3. The summed E-state index contributed by atoms with van der Waals surface area (Å²) < 4.78 is 0. The third-order valence-corrected chi connectivity index (χ3v) is 5.27. The van der Waals surface area contributed by atoms with Crippen molar-refractivity contribution in [1.82, 2.24) is 9.97 Å². The number of benzene rings is 2. The highest BCUT2D eigenvalue weighted by Crippen LogP contribution is 2.33. The Hall–Kier alpha value is -3.57. The summed E-state index contributed by atoms with van der Waals surface area (Å²) in [5, 5.41) is 8.64. The van der Waals surface area contributed by atoms with Crippen molar-refractivity contribution in [2.24, 2.45) is 4.99 Å². The number of hydrogen-bond donors (Lipinski definition) is 1. The van der Waals surface area contributed by atoms with E-state index >= 15 is 0 Å². The van der Waals surface area contributed by atoms with Gasteiger partial charge in [-0.3, -0.25) is 14.9 Å². The Morgan fingerprint density at radius 2 is 1.71 bits per heavy atom. The molecule has 2 heterocycles. The molecule has 4 rings (SSSR count). The van der Waals surface area contributed by atoms with E-state index in [4.69, 9.17) is 22.0 Å². The maximum Gasteiger partial charge on any atom is 0.145 e. The number of nitrogens with one attached hydrogen (secondary N) is 1. The van der Waals surface area contributed by atoms with Crippen LogP contribution in [0, 0.1) is 5.41 Å². The topological polar surface area (TPSA) is 65.2 Å². The van der Waals surface area contributed by atoms with Crippen LogP contribution in [0.15, 0.2) is 95.2 Å². The van der Waals surface area contributed by atoms with Gasteiger partial charge in [0.2, 0.25) is 0 Å². The van der Waals surface area contributed by atoms with E-state index in [1.165, 1.54) is 6.21 Å². The van der Waals surface area contributed by atoms with Crippen LogP contribution < -0.4 is 4.90 Å². The first kappa shape index (κ1) is 20.7. The van der Waals surface area contributed by atoms with Gasteiger partial charge in [0.15, 0.2) is 0 Å². The number of aliphatic imine (C=N–C) groups is 1. The number of allylic oxidation sites excluding steroid dienone is 3. The van der Waals surface area contributed by atoms with Crippen molar-refractivity contribution in [3.8, 4) is 11.3 Å². The summed E-state index contributed by atoms with van der Waals surface area (Å²) in [5.74, 6) is 0.802. The summed E-state index contributed by atoms with van der Waals surface area (Å²) >= 11 is 6.14. The smallest absolute Gasteiger partial charge is 0.145 e. The zero-order valence-electron chi connectivity index (χ0n) is 17.4. The molecule has 0 bridgehead atoms. The van der Waals surface area contributed by atoms with Gasteiger partial charge < -0.3 is 5.41 Å². The molecule has 2 aromatic carbocycles. The summed E-state index contributed by atoms with van der Waals surface area (Å²) in [6, 6.07) is 15.8. The van der Waals surface area contributed by atoms with Crippen LogP contribution in [-0.4, -0.2) is 22.0 Å². The molecule has 0 amide bonds. The molecule has 0 unspecified atom stereocenters. The second kappa shape index (κ2) is 9.06. The minimum atomic E-state index is 0.674. The number of halogens is 1. The van der Waals surface area contributed by atoms with Gasteiger partial charge in [-0.05, 0) is 37.6 Å². The number of nitrogens with zero attached hydrogens (tertiary/aromatic N) is 4. The first-order chi connectivity index (χ1) is 15.1. The maximum atomic E-state index is 7.96. The van der Waals surface area contributed by atoms with Gasteiger partial charge in [-0.1, -0.05) is 48.9 Å². The number of rotatable bonds is 5. The minimum Gasteiger partial charge on any atom is -0.308 e. The summed E-state index contributed by atoms with van der Waals surface area (Å²) in [5.41, 5.74) is 6.27. The van der Waals surface area contributed by atoms with E-state index in [1.807, 2.05) is 55.5 Å². The van der Waals surface area contributed by atoms with Crippen LogP contribution in [0.3, 0.4) is 0 Å². The zero-order chi connectivity index (χ0) is 21.8. The van der Waals surface area contributed by atoms with Gasteiger partial charge in [0.1, 0.15) is 5.84 Å². The molecule has 3 aromatic rings. The SMILES string of the molecule is CC/C=C1/C(C=N)=C(C)N=C(c2ccc(-c3cnccn3)cc2)N1c1ccc(Cl)cc1. The number of hydrogen-bond acceptors (Lipinski definition) is 5. The highest BCUT2D eigenvalue weighted by atomic mass is 35.5. The number of amidine groups is 1. The van der Waals surface area contributed by atoms with Crippen molar-refractivity contribution in [3.63, 3.8) is 0 Å². The molecule has 0 radical (unpaired) electrons. The monoisotopic (exact) mass is 427 g/mol. The summed E-state index contributed by atoms with van der Waals surface area (Å²) in [7, 11) is 0. The Morgan fingerprint density at radius 1 is 1.00 bits per heavy atom. The van der Waals surface area contributed by atoms with Crippen molar-refractivity contribution < 1.29 is 0 Å². The first-order valence-electron chi connectivity index (χ1n) is 10.1. The molecular weight excluding hydrogens is 406 g/mol. The maximum absolute atomic E-state index is 7.96. The second-order valence-corrected chi connectivity index (χ2v) is 7.49. The Balaban J connectivity index is 1.84. The zero-order valence-corrected chi connectivity index (χ0v) is 18.1. The minimum absolute atomic E-state index is 0.674. The lowest BCUT2D eigenvalue weighted by molar-refractivity contribution is 1.08. The highest BCUT2D eigenvalue weighted by molar-refractivity contribution is 6.30. The van der Waals surface area contributed by atoms with Crippen LogP contribution in [0.4, 0.5) is 5.69 Å². The molecule has 5 nitrogen and oxygen atoms in total. The van der Waals surface area contributed by atoms with Gasteiger partial charge in [-0.2, -0.15) is 0 Å². The third-order valence-electron chi connectivity index (χ3n) is 5.02. The van der Waals surface area contributed by atoms with Gasteiger partial charge in [0.05, 0.1) is 23.3 Å². The molecule has 0 atom stereocenters. The van der Waals surface area contributed by atoms with Gasteiger partial charge in [0.25, 0.3) is 0 Å². The third kappa shape index (κ3) is 4.18. The van der Waals surface area contributed by atoms with Crippen LogP contribution in [0.25, 0.3) is 11.3 Å². The van der Waals surface area contributed by atoms with E-state index < -0.39 is 0 Å². The lowest BCUT2D eigenvalue weighted by Gasteiger charge is -2.33. The number of anilines is 1. The van der Waals surface area contributed by atoms with E-state index in [9.17, 15) is 0 Å². The van der Waals surface area contributed by atoms with Crippen LogP contribution in [-0.2, 0) is 0 Å². The van der Waals surface area contributed by atoms with Crippen LogP contribution in [0.1, 0.15) is 25.8 Å². The molecule has 1 aliphatic rings. The molecule has 0 saturated carbocycles. The fourth-order valence-corrected chi connectivity index (χ4v) is 3.67. The molecule has 1 aromatic heterocycles. The van der Waals surface area contributed by atoms with Crippen molar-refractivity contribution >= 4 is 29.3 Å². The lowest BCUT2D eigenvalue weighted by atomic mass is 10.0. The van der Waals surface area contributed by atoms with Gasteiger partial charge in [-0.25, -0.2) is 4.99 Å². The van der Waals surface area contributed by atoms with Crippen molar-refractivity contribution in [2.45, 2.75) is 20.3 Å². The molecule has 0 saturated heterocycles. The summed E-state index contributed by atoms with van der Waals surface area (Å²) in [6.45, 7) is 4.03. The van der Waals surface area contributed by atoms with Crippen LogP contribution >= 0.6 is 11.6 Å². The molecule has 0 aliphatic carbocycles. The molecule has 154 valence electrons. The first-order valence-corrected chi connectivity index (χ1v) is 10.4. The average molecular weight is 428 g/mol. The second-order valence-electron chi connectivity index (χ2n) is 7.06. The van der Waals surface area contributed by atoms with Gasteiger partial charge in [0, 0.05) is 46.0 Å². The summed E-state index contributed by atoms with van der Waals surface area (Å²) in [6.07, 6.45) is 9.43. The van der Waals surface area contributed by atoms with Crippen molar-refractivity contribution in [2.75, 3.05) is 4.90 Å². The Labute approximate surface area is 187 Å². The lowest BCUT2D eigenvalue weighted by Crippen LogP contribution is -2.35. The summed E-state index contributed by atoms with van der Waals surface area (Å²) in [4.78, 5) is 15.5. The van der Waals surface area contributed by atoms with Crippen molar-refractivity contribution in [1.29, 1.82) is 5.41 Å². The van der Waals surface area contributed by atoms with E-state index in [2.05, 4.69) is 27.9 Å². The molecule has 1 N–H and O–H groups in total. The van der Waals surface area contributed by atoms with Gasteiger partial charge >= 0.3 is 0 Å². The molecule has 0 fully saturated rings. The van der Waals surface area contributed by atoms with E-state index in [0.29, 0.717) is 5.02 Å². The molecular formula is C25H22ClN5. The van der Waals surface area contributed by atoms with E-state index in [0.717, 1.165) is 51.7 Å². The number of aromatic nitrogens is 2. The van der Waals surface area contributed by atoms with Gasteiger partial charge in [-0.15, -0.1) is 0 Å². The Morgan fingerprint density at radius 3 is 2.32 bits per heavy atom. The van der Waals surface area contributed by atoms with Crippen LogP contribution in [0.2, 0.25) is 5.02 Å². The predicted molar refractivity (Wildman–Crippen MR) is 128 cm³/mol. The Bertz CT molecular complexity index is 1180. The van der Waals surface area contributed by atoms with Crippen molar-refractivity contribution in [3.05, 3.63) is 101 Å². The average Bonchev–Trinajstić information content (AvgIpc) is 2.81. The Kier molecular flexibility index (Phi) is 6.05. The molecule has 6 heteroatoms. The largest absolute Gasteiger partial charge is 0.308 e. The molecule has 0 spiro atoms. The molecule has 1 aliphatic heterocycles.